The summed E-state index contributed by atoms with van der Waals surface area (Å²) in [7, 11) is 0. The van der Waals surface area contributed by atoms with Gasteiger partial charge in [0.1, 0.15) is 0 Å². The van der Waals surface area contributed by atoms with E-state index in [2.05, 4.69) is 23.4 Å². The summed E-state index contributed by atoms with van der Waals surface area (Å²) >= 11 is 0. The molecule has 0 atom stereocenters. The van der Waals surface area contributed by atoms with Gasteiger partial charge in [0.2, 0.25) is 0 Å². The highest BCUT2D eigenvalue weighted by molar-refractivity contribution is 5.00. The van der Waals surface area contributed by atoms with Gasteiger partial charge in [-0.25, -0.2) is 4.98 Å². The highest BCUT2D eigenvalue weighted by Gasteiger charge is 2.13. The maximum Gasteiger partial charge on any atom is 0.0948 e. The molecular weight excluding hydrogens is 174 g/mol. The van der Waals surface area contributed by atoms with Gasteiger partial charge in [0.15, 0.2) is 0 Å². The molecule has 3 nitrogen and oxygen atoms in total. The zero-order valence-corrected chi connectivity index (χ0v) is 9.62. The van der Waals surface area contributed by atoms with Gasteiger partial charge in [-0.3, -0.25) is 0 Å². The smallest absolute Gasteiger partial charge is 0.0948 e. The Morgan fingerprint density at radius 3 is 2.64 bits per heavy atom. The van der Waals surface area contributed by atoms with E-state index in [1.165, 1.54) is 5.69 Å². The summed E-state index contributed by atoms with van der Waals surface area (Å²) < 4.78 is 2.15. The molecule has 1 rings (SSSR count). The molecule has 0 unspecified atom stereocenters. The zero-order chi connectivity index (χ0) is 10.8. The third kappa shape index (κ3) is 3.50. The van der Waals surface area contributed by atoms with Gasteiger partial charge in [-0.2, -0.15) is 0 Å². The molecule has 0 amide bonds. The maximum absolute atomic E-state index is 5.98. The van der Waals surface area contributed by atoms with Crippen LogP contribution in [0.3, 0.4) is 0 Å². The van der Waals surface area contributed by atoms with Gasteiger partial charge in [-0.15, -0.1) is 0 Å². The lowest BCUT2D eigenvalue weighted by atomic mass is 10.1. The number of hydrogen-bond donors (Lipinski definition) is 1. The first kappa shape index (κ1) is 11.2. The van der Waals surface area contributed by atoms with E-state index in [4.69, 9.17) is 5.73 Å². The van der Waals surface area contributed by atoms with Crippen molar-refractivity contribution in [3.05, 3.63) is 18.2 Å². The second-order valence-corrected chi connectivity index (χ2v) is 5.10. The molecular formula is C11H21N3. The Kier molecular flexibility index (Phi) is 3.32. The van der Waals surface area contributed by atoms with Gasteiger partial charge in [-0.1, -0.05) is 13.8 Å². The first-order chi connectivity index (χ1) is 6.38. The maximum atomic E-state index is 5.98. The minimum atomic E-state index is -0.174. The standard InChI is InChI=1S/C11H21N3/c1-9(2)5-10-6-13-8-14(10)7-11(3,4)12/h6,8-9H,5,7,12H2,1-4H3. The SMILES string of the molecule is CC(C)Cc1cncn1CC(C)(C)N. The molecule has 0 radical (unpaired) electrons. The molecule has 1 heterocycles. The largest absolute Gasteiger partial charge is 0.333 e. The monoisotopic (exact) mass is 195 g/mol. The van der Waals surface area contributed by atoms with Crippen molar-refractivity contribution in [2.75, 3.05) is 0 Å². The van der Waals surface area contributed by atoms with Crippen molar-refractivity contribution in [1.29, 1.82) is 0 Å². The molecule has 0 aliphatic carbocycles. The summed E-state index contributed by atoms with van der Waals surface area (Å²) in [5.41, 5.74) is 7.08. The summed E-state index contributed by atoms with van der Waals surface area (Å²) in [6, 6.07) is 0. The lowest BCUT2D eigenvalue weighted by Gasteiger charge is -2.21. The Bertz CT molecular complexity index is 281. The van der Waals surface area contributed by atoms with Crippen LogP contribution < -0.4 is 5.73 Å². The molecule has 0 aliphatic heterocycles. The Hall–Kier alpha value is -0.830. The van der Waals surface area contributed by atoms with E-state index in [9.17, 15) is 0 Å². The van der Waals surface area contributed by atoms with E-state index in [-0.39, 0.29) is 5.54 Å². The number of aromatic nitrogens is 2. The lowest BCUT2D eigenvalue weighted by molar-refractivity contribution is 0.421. The van der Waals surface area contributed by atoms with E-state index >= 15 is 0 Å². The van der Waals surface area contributed by atoms with Crippen molar-refractivity contribution < 1.29 is 0 Å². The summed E-state index contributed by atoms with van der Waals surface area (Å²) in [6.45, 7) is 9.32. The molecule has 0 aliphatic rings. The lowest BCUT2D eigenvalue weighted by Crippen LogP contribution is -2.37. The minimum absolute atomic E-state index is 0.174. The van der Waals surface area contributed by atoms with Gasteiger partial charge >= 0.3 is 0 Å². The van der Waals surface area contributed by atoms with Crippen LogP contribution >= 0.6 is 0 Å². The first-order valence-electron chi connectivity index (χ1n) is 5.16. The Balaban J connectivity index is 2.72. The van der Waals surface area contributed by atoms with Gasteiger partial charge in [0.25, 0.3) is 0 Å². The first-order valence-corrected chi connectivity index (χ1v) is 5.16. The molecule has 0 bridgehead atoms. The van der Waals surface area contributed by atoms with E-state index in [0.717, 1.165) is 13.0 Å². The van der Waals surface area contributed by atoms with Crippen molar-refractivity contribution in [2.24, 2.45) is 11.7 Å². The van der Waals surface area contributed by atoms with Crippen LogP contribution in [-0.2, 0) is 13.0 Å². The summed E-state index contributed by atoms with van der Waals surface area (Å²) in [5.74, 6) is 0.659. The average Bonchev–Trinajstić information content (AvgIpc) is 2.32. The van der Waals surface area contributed by atoms with Crippen molar-refractivity contribution in [2.45, 2.75) is 46.2 Å². The second kappa shape index (κ2) is 4.13. The van der Waals surface area contributed by atoms with Gasteiger partial charge < -0.3 is 10.3 Å². The highest BCUT2D eigenvalue weighted by Crippen LogP contribution is 2.10. The molecule has 0 spiro atoms. The summed E-state index contributed by atoms with van der Waals surface area (Å²) in [5, 5.41) is 0. The topological polar surface area (TPSA) is 43.8 Å². The van der Waals surface area contributed by atoms with Crippen LogP contribution in [0.2, 0.25) is 0 Å². The zero-order valence-electron chi connectivity index (χ0n) is 9.62. The molecule has 0 aromatic carbocycles. The summed E-state index contributed by atoms with van der Waals surface area (Å²) in [6.07, 6.45) is 4.87. The number of rotatable bonds is 4. The van der Waals surface area contributed by atoms with Crippen LogP contribution in [0.15, 0.2) is 12.5 Å². The second-order valence-electron chi connectivity index (χ2n) is 5.10. The Morgan fingerprint density at radius 1 is 1.50 bits per heavy atom. The Morgan fingerprint density at radius 2 is 2.14 bits per heavy atom. The molecule has 14 heavy (non-hydrogen) atoms. The van der Waals surface area contributed by atoms with Crippen molar-refractivity contribution >= 4 is 0 Å². The molecule has 1 aromatic heterocycles. The van der Waals surface area contributed by atoms with Crippen LogP contribution in [0.25, 0.3) is 0 Å². The van der Waals surface area contributed by atoms with E-state index in [1.807, 2.05) is 26.4 Å². The normalized spacial score (nSPS) is 12.4. The molecule has 0 saturated carbocycles. The number of hydrogen-bond acceptors (Lipinski definition) is 2. The number of nitrogens with zero attached hydrogens (tertiary/aromatic N) is 2. The molecule has 80 valence electrons. The van der Waals surface area contributed by atoms with Gasteiger partial charge in [0.05, 0.1) is 6.33 Å². The van der Waals surface area contributed by atoms with E-state index in [0.29, 0.717) is 5.92 Å². The fraction of sp³-hybridized carbons (Fsp3) is 0.727. The highest BCUT2D eigenvalue weighted by atomic mass is 15.1. The quantitative estimate of drug-likeness (QED) is 0.796. The fourth-order valence-electron chi connectivity index (χ4n) is 1.52. The molecule has 2 N–H and O–H groups in total. The predicted octanol–water partition coefficient (Wildman–Crippen LogP) is 1.82. The number of nitrogens with two attached hydrogens (primary N) is 1. The summed E-state index contributed by atoms with van der Waals surface area (Å²) in [4.78, 5) is 4.17. The average molecular weight is 195 g/mol. The van der Waals surface area contributed by atoms with Crippen molar-refractivity contribution in [3.8, 4) is 0 Å². The van der Waals surface area contributed by atoms with Crippen molar-refractivity contribution in [3.63, 3.8) is 0 Å². The van der Waals surface area contributed by atoms with Crippen LogP contribution in [-0.4, -0.2) is 15.1 Å². The molecule has 0 fully saturated rings. The van der Waals surface area contributed by atoms with E-state index in [1.54, 1.807) is 0 Å². The van der Waals surface area contributed by atoms with Gasteiger partial charge in [0, 0.05) is 24.0 Å². The Labute approximate surface area is 86.3 Å². The predicted molar refractivity (Wildman–Crippen MR) is 59.0 cm³/mol. The fourth-order valence-corrected chi connectivity index (χ4v) is 1.52. The minimum Gasteiger partial charge on any atom is -0.333 e. The van der Waals surface area contributed by atoms with Crippen LogP contribution in [0.4, 0.5) is 0 Å². The van der Waals surface area contributed by atoms with Crippen LogP contribution in [0.5, 0.6) is 0 Å². The van der Waals surface area contributed by atoms with Crippen LogP contribution in [0, 0.1) is 5.92 Å². The molecule has 1 aromatic rings. The third-order valence-electron chi connectivity index (χ3n) is 1.99. The third-order valence-corrected chi connectivity index (χ3v) is 1.99. The van der Waals surface area contributed by atoms with Gasteiger partial charge in [-0.05, 0) is 26.2 Å². The number of imidazole rings is 1. The molecule has 3 heteroatoms. The van der Waals surface area contributed by atoms with Crippen molar-refractivity contribution in [1.82, 2.24) is 9.55 Å². The van der Waals surface area contributed by atoms with E-state index < -0.39 is 0 Å². The molecule has 0 saturated heterocycles. The van der Waals surface area contributed by atoms with Crippen LogP contribution in [0.1, 0.15) is 33.4 Å².